The molecule has 2 N–H and O–H groups in total. The maximum Gasteiger partial charge on any atom is 0.274 e. The highest BCUT2D eigenvalue weighted by Crippen LogP contribution is 2.25. The van der Waals surface area contributed by atoms with Crippen molar-refractivity contribution < 1.29 is 13.8 Å². The second-order valence-corrected chi connectivity index (χ2v) is 7.48. The molecule has 0 fully saturated rings. The first-order valence-electron chi connectivity index (χ1n) is 8.74. The maximum atomic E-state index is 12.7. The first kappa shape index (κ1) is 19.0. The molecular formula is C18H16BrN7O3. The van der Waals surface area contributed by atoms with Crippen LogP contribution < -0.4 is 5.32 Å². The van der Waals surface area contributed by atoms with Crippen LogP contribution in [0.4, 0.5) is 0 Å². The van der Waals surface area contributed by atoms with Crippen LogP contribution in [0.2, 0.25) is 0 Å². The van der Waals surface area contributed by atoms with Crippen molar-refractivity contribution in [2.24, 2.45) is 5.92 Å². The molecule has 3 aromatic heterocycles. The Kier molecular flexibility index (Phi) is 5.21. The molecule has 0 bridgehead atoms. The molecule has 1 unspecified atom stereocenters. The molecule has 0 aliphatic carbocycles. The van der Waals surface area contributed by atoms with Crippen molar-refractivity contribution in [1.29, 1.82) is 0 Å². The fourth-order valence-electron chi connectivity index (χ4n) is 2.63. The van der Waals surface area contributed by atoms with Gasteiger partial charge < -0.3 is 14.4 Å². The lowest BCUT2D eigenvalue weighted by atomic mass is 10.0. The highest BCUT2D eigenvalue weighted by molar-refractivity contribution is 9.10. The predicted octanol–water partition coefficient (Wildman–Crippen LogP) is 3.40. The Morgan fingerprint density at radius 3 is 2.66 bits per heavy atom. The van der Waals surface area contributed by atoms with Gasteiger partial charge in [0.15, 0.2) is 17.3 Å². The van der Waals surface area contributed by atoms with E-state index in [0.717, 1.165) is 10.0 Å². The van der Waals surface area contributed by atoms with Gasteiger partial charge in [0.25, 0.3) is 5.91 Å². The fraction of sp³-hybridized carbons (Fsp3) is 0.222. The number of H-pyrrole nitrogens is 1. The summed E-state index contributed by atoms with van der Waals surface area (Å²) < 4.78 is 11.6. The molecule has 4 aromatic rings. The van der Waals surface area contributed by atoms with Crippen LogP contribution in [-0.4, -0.2) is 36.4 Å². The third-order valence-electron chi connectivity index (χ3n) is 4.16. The van der Waals surface area contributed by atoms with E-state index in [1.165, 1.54) is 6.33 Å². The van der Waals surface area contributed by atoms with E-state index >= 15 is 0 Å². The molecule has 1 atom stereocenters. The standard InChI is InChI=1S/C18H16BrN7O3/c1-9(2)14(18-23-16(26-29-18)15-20-8-21-24-15)22-17(27)12-7-13(28-25-12)10-3-5-11(19)6-4-10/h3-9,14H,1-2H3,(H,22,27)(H,20,21,24). The van der Waals surface area contributed by atoms with Gasteiger partial charge in [-0.2, -0.15) is 10.1 Å². The van der Waals surface area contributed by atoms with E-state index in [1.807, 2.05) is 38.1 Å². The zero-order chi connectivity index (χ0) is 20.4. The van der Waals surface area contributed by atoms with Crippen molar-refractivity contribution in [3.63, 3.8) is 0 Å². The van der Waals surface area contributed by atoms with Crippen molar-refractivity contribution in [3.05, 3.63) is 52.7 Å². The van der Waals surface area contributed by atoms with Gasteiger partial charge in [0.05, 0.1) is 0 Å². The van der Waals surface area contributed by atoms with E-state index in [1.54, 1.807) is 6.07 Å². The molecular weight excluding hydrogens is 442 g/mol. The number of nitrogens with zero attached hydrogens (tertiary/aromatic N) is 5. The first-order chi connectivity index (χ1) is 14.0. The summed E-state index contributed by atoms with van der Waals surface area (Å²) in [6.07, 6.45) is 1.35. The smallest absolute Gasteiger partial charge is 0.274 e. The zero-order valence-electron chi connectivity index (χ0n) is 15.5. The Morgan fingerprint density at radius 1 is 1.17 bits per heavy atom. The molecule has 4 rings (SSSR count). The summed E-state index contributed by atoms with van der Waals surface area (Å²) in [4.78, 5) is 21.0. The average Bonchev–Trinajstić information content (AvgIpc) is 3.47. The molecule has 11 heteroatoms. The number of amides is 1. The highest BCUT2D eigenvalue weighted by Gasteiger charge is 2.27. The van der Waals surface area contributed by atoms with Gasteiger partial charge in [-0.3, -0.25) is 9.89 Å². The molecule has 1 aromatic carbocycles. The van der Waals surface area contributed by atoms with Crippen LogP contribution in [-0.2, 0) is 0 Å². The molecule has 3 heterocycles. The number of halogens is 1. The summed E-state index contributed by atoms with van der Waals surface area (Å²) in [7, 11) is 0. The molecule has 0 aliphatic heterocycles. The average molecular weight is 458 g/mol. The monoisotopic (exact) mass is 457 g/mol. The number of hydrogen-bond donors (Lipinski definition) is 2. The summed E-state index contributed by atoms with van der Waals surface area (Å²) in [6.45, 7) is 3.86. The van der Waals surface area contributed by atoms with Gasteiger partial charge in [0, 0.05) is 16.1 Å². The van der Waals surface area contributed by atoms with Gasteiger partial charge in [-0.25, -0.2) is 4.98 Å². The van der Waals surface area contributed by atoms with Gasteiger partial charge in [-0.15, -0.1) is 0 Å². The van der Waals surface area contributed by atoms with E-state index in [4.69, 9.17) is 9.05 Å². The third kappa shape index (κ3) is 4.09. The first-order valence-corrected chi connectivity index (χ1v) is 9.53. The van der Waals surface area contributed by atoms with Crippen LogP contribution in [0.3, 0.4) is 0 Å². The number of nitrogens with one attached hydrogen (secondary N) is 2. The van der Waals surface area contributed by atoms with E-state index in [9.17, 15) is 4.79 Å². The van der Waals surface area contributed by atoms with Gasteiger partial charge in [0.2, 0.25) is 11.7 Å². The lowest BCUT2D eigenvalue weighted by Gasteiger charge is -2.17. The minimum atomic E-state index is -0.514. The van der Waals surface area contributed by atoms with E-state index in [0.29, 0.717) is 11.6 Å². The van der Waals surface area contributed by atoms with E-state index in [2.05, 4.69) is 51.7 Å². The second kappa shape index (κ2) is 7.95. The Hall–Kier alpha value is -3.34. The quantitative estimate of drug-likeness (QED) is 0.449. The molecule has 0 saturated heterocycles. The third-order valence-corrected chi connectivity index (χ3v) is 4.69. The summed E-state index contributed by atoms with van der Waals surface area (Å²) in [5.41, 5.74) is 0.970. The minimum Gasteiger partial charge on any atom is -0.355 e. The lowest BCUT2D eigenvalue weighted by Crippen LogP contribution is -2.32. The molecule has 0 aliphatic rings. The maximum absolute atomic E-state index is 12.7. The Morgan fingerprint density at radius 2 is 1.97 bits per heavy atom. The van der Waals surface area contributed by atoms with Crippen LogP contribution in [0.25, 0.3) is 23.0 Å². The summed E-state index contributed by atoms with van der Waals surface area (Å²) >= 11 is 3.38. The summed E-state index contributed by atoms with van der Waals surface area (Å²) in [6, 6.07) is 8.57. The number of benzene rings is 1. The summed E-state index contributed by atoms with van der Waals surface area (Å²) in [5, 5.41) is 17.1. The van der Waals surface area contributed by atoms with Crippen LogP contribution in [0, 0.1) is 5.92 Å². The Bertz CT molecular complexity index is 1100. The Balaban J connectivity index is 1.52. The number of hydrogen-bond acceptors (Lipinski definition) is 8. The SMILES string of the molecule is CC(C)C(NC(=O)c1cc(-c2ccc(Br)cc2)on1)c1nc(-c2ncn[nH]2)no1. The van der Waals surface area contributed by atoms with Gasteiger partial charge in [-0.1, -0.05) is 52.2 Å². The Labute approximate surface area is 173 Å². The minimum absolute atomic E-state index is 0.0141. The van der Waals surface area contributed by atoms with Crippen molar-refractivity contribution in [1.82, 2.24) is 35.8 Å². The molecule has 0 saturated carbocycles. The van der Waals surface area contributed by atoms with Gasteiger partial charge in [0.1, 0.15) is 12.4 Å². The van der Waals surface area contributed by atoms with Crippen molar-refractivity contribution in [3.8, 4) is 23.0 Å². The topological polar surface area (TPSA) is 136 Å². The highest BCUT2D eigenvalue weighted by atomic mass is 79.9. The number of aromatic nitrogens is 6. The summed E-state index contributed by atoms with van der Waals surface area (Å²) in [5.74, 6) is 0.974. The lowest BCUT2D eigenvalue weighted by molar-refractivity contribution is 0.0904. The predicted molar refractivity (Wildman–Crippen MR) is 104 cm³/mol. The van der Waals surface area contributed by atoms with Gasteiger partial charge in [-0.05, 0) is 18.1 Å². The molecule has 10 nitrogen and oxygen atoms in total. The molecule has 0 spiro atoms. The number of rotatable bonds is 6. The van der Waals surface area contributed by atoms with Crippen LogP contribution in [0.5, 0.6) is 0 Å². The number of carbonyl (C=O) groups is 1. The molecule has 29 heavy (non-hydrogen) atoms. The fourth-order valence-corrected chi connectivity index (χ4v) is 2.90. The van der Waals surface area contributed by atoms with Crippen LogP contribution in [0.15, 0.2) is 50.2 Å². The number of aromatic amines is 1. The molecule has 1 amide bonds. The molecule has 0 radical (unpaired) electrons. The van der Waals surface area contributed by atoms with Crippen molar-refractivity contribution >= 4 is 21.8 Å². The zero-order valence-corrected chi connectivity index (χ0v) is 17.0. The van der Waals surface area contributed by atoms with Crippen molar-refractivity contribution in [2.45, 2.75) is 19.9 Å². The normalized spacial score (nSPS) is 12.3. The molecule has 148 valence electrons. The second-order valence-electron chi connectivity index (χ2n) is 6.57. The van der Waals surface area contributed by atoms with Gasteiger partial charge >= 0.3 is 0 Å². The van der Waals surface area contributed by atoms with E-state index < -0.39 is 11.9 Å². The largest absolute Gasteiger partial charge is 0.355 e. The van der Waals surface area contributed by atoms with Crippen LogP contribution in [0.1, 0.15) is 36.3 Å². The number of carbonyl (C=O) groups excluding carboxylic acids is 1. The van der Waals surface area contributed by atoms with E-state index in [-0.39, 0.29) is 23.3 Å². The van der Waals surface area contributed by atoms with Crippen molar-refractivity contribution in [2.75, 3.05) is 0 Å². The van der Waals surface area contributed by atoms with Crippen LogP contribution >= 0.6 is 15.9 Å².